The van der Waals surface area contributed by atoms with Crippen molar-refractivity contribution in [3.63, 3.8) is 0 Å². The van der Waals surface area contributed by atoms with Crippen LogP contribution in [0.1, 0.15) is 28.3 Å². The molecule has 134 valence electrons. The third-order valence-corrected chi connectivity index (χ3v) is 5.64. The minimum absolute atomic E-state index is 0.00246. The van der Waals surface area contributed by atoms with Crippen molar-refractivity contribution < 1.29 is 13.9 Å². The van der Waals surface area contributed by atoms with E-state index in [-0.39, 0.29) is 12.0 Å². The van der Waals surface area contributed by atoms with Crippen molar-refractivity contribution in [2.45, 2.75) is 25.9 Å². The molecule has 5 nitrogen and oxygen atoms in total. The summed E-state index contributed by atoms with van der Waals surface area (Å²) in [6.45, 7) is 3.02. The van der Waals surface area contributed by atoms with Gasteiger partial charge in [0.05, 0.1) is 10.9 Å². The minimum Gasteiger partial charge on any atom is -0.490 e. The fraction of sp³-hybridized carbons (Fsp3) is 0.300. The number of benzene rings is 1. The maximum absolute atomic E-state index is 12.8. The van der Waals surface area contributed by atoms with Gasteiger partial charge in [0.1, 0.15) is 17.6 Å². The molecule has 1 fully saturated rings. The first-order valence-corrected chi connectivity index (χ1v) is 9.46. The molecule has 6 heteroatoms. The maximum Gasteiger partial charge on any atom is 0.339 e. The molecule has 2 aromatic heterocycles. The van der Waals surface area contributed by atoms with Crippen LogP contribution in [0, 0.1) is 6.92 Å². The van der Waals surface area contributed by atoms with Crippen LogP contribution in [-0.2, 0) is 0 Å². The van der Waals surface area contributed by atoms with Crippen LogP contribution in [0.4, 0.5) is 0 Å². The summed E-state index contributed by atoms with van der Waals surface area (Å²) in [5, 5.41) is 1.11. The topological polar surface area (TPSA) is 59.8 Å². The normalized spacial score (nSPS) is 15.3. The second-order valence-electron chi connectivity index (χ2n) is 6.48. The van der Waals surface area contributed by atoms with Gasteiger partial charge < -0.3 is 14.1 Å². The summed E-state index contributed by atoms with van der Waals surface area (Å²) in [5.74, 6) is 1.15. The number of likely N-dealkylation sites (tertiary alicyclic amines) is 1. The van der Waals surface area contributed by atoms with Crippen LogP contribution in [0.3, 0.4) is 0 Å². The van der Waals surface area contributed by atoms with E-state index in [2.05, 4.69) is 0 Å². The second-order valence-corrected chi connectivity index (χ2v) is 7.56. The number of hydrogen-bond acceptors (Lipinski definition) is 5. The summed E-state index contributed by atoms with van der Waals surface area (Å²) < 4.78 is 12.0. The van der Waals surface area contributed by atoms with Gasteiger partial charge in [-0.25, -0.2) is 4.79 Å². The van der Waals surface area contributed by atoms with Crippen LogP contribution in [0.5, 0.6) is 5.75 Å². The molecule has 4 rings (SSSR count). The molecule has 0 saturated carbocycles. The van der Waals surface area contributed by atoms with Crippen molar-refractivity contribution in [3.05, 3.63) is 63.5 Å². The van der Waals surface area contributed by atoms with E-state index in [4.69, 9.17) is 9.15 Å². The van der Waals surface area contributed by atoms with Crippen LogP contribution >= 0.6 is 11.3 Å². The van der Waals surface area contributed by atoms with Crippen molar-refractivity contribution in [3.8, 4) is 5.75 Å². The van der Waals surface area contributed by atoms with Gasteiger partial charge in [0.15, 0.2) is 0 Å². The molecule has 1 saturated heterocycles. The second kappa shape index (κ2) is 6.96. The van der Waals surface area contributed by atoms with Gasteiger partial charge in [-0.05, 0) is 24.4 Å². The number of aryl methyl sites for hydroxylation is 1. The minimum atomic E-state index is -0.405. The van der Waals surface area contributed by atoms with E-state index in [0.29, 0.717) is 24.6 Å². The number of piperidine rings is 1. The predicted molar refractivity (Wildman–Crippen MR) is 101 cm³/mol. The molecular weight excluding hydrogens is 350 g/mol. The number of thiophene rings is 1. The summed E-state index contributed by atoms with van der Waals surface area (Å²) in [6.07, 6.45) is 1.49. The van der Waals surface area contributed by atoms with Crippen LogP contribution in [0.15, 0.2) is 51.7 Å². The molecule has 0 spiro atoms. The monoisotopic (exact) mass is 369 g/mol. The molecule has 1 aliphatic heterocycles. The molecule has 0 atom stereocenters. The molecule has 0 bridgehead atoms. The van der Waals surface area contributed by atoms with E-state index in [1.807, 2.05) is 35.2 Å². The van der Waals surface area contributed by atoms with Crippen LogP contribution < -0.4 is 10.4 Å². The molecular formula is C20H19NO4S. The van der Waals surface area contributed by atoms with E-state index < -0.39 is 5.63 Å². The molecule has 0 radical (unpaired) electrons. The zero-order valence-electron chi connectivity index (χ0n) is 14.4. The molecule has 1 amide bonds. The smallest absolute Gasteiger partial charge is 0.339 e. The number of hydrogen-bond donors (Lipinski definition) is 0. The lowest BCUT2D eigenvalue weighted by Crippen LogP contribution is -2.41. The first kappa shape index (κ1) is 16.8. The lowest BCUT2D eigenvalue weighted by atomic mass is 10.1. The number of ether oxygens (including phenoxy) is 1. The van der Waals surface area contributed by atoms with Crippen molar-refractivity contribution in [1.29, 1.82) is 0 Å². The van der Waals surface area contributed by atoms with Crippen molar-refractivity contribution >= 4 is 27.3 Å². The molecule has 26 heavy (non-hydrogen) atoms. The zero-order valence-corrected chi connectivity index (χ0v) is 15.3. The average Bonchev–Trinajstić information content (AvgIpc) is 3.05. The standard InChI is InChI=1S/C20H19NO4S/c1-13-10-16(12-19(22)24-13)25-15-6-8-21(9-7-15)20(23)18-11-14-4-2-3-5-17(14)26-18/h2-5,10-12,15H,6-9H2,1H3. The quantitative estimate of drug-likeness (QED) is 0.704. The molecule has 0 aliphatic carbocycles. The third-order valence-electron chi connectivity index (χ3n) is 4.54. The highest BCUT2D eigenvalue weighted by Gasteiger charge is 2.26. The van der Waals surface area contributed by atoms with E-state index >= 15 is 0 Å². The fourth-order valence-electron chi connectivity index (χ4n) is 3.26. The molecule has 0 unspecified atom stereocenters. The van der Waals surface area contributed by atoms with Crippen molar-refractivity contribution in [2.75, 3.05) is 13.1 Å². The number of amides is 1. The molecule has 1 aromatic carbocycles. The van der Waals surface area contributed by atoms with Gasteiger partial charge >= 0.3 is 5.63 Å². The largest absolute Gasteiger partial charge is 0.490 e. The van der Waals surface area contributed by atoms with E-state index in [9.17, 15) is 9.59 Å². The highest BCUT2D eigenvalue weighted by molar-refractivity contribution is 7.20. The Morgan fingerprint density at radius 2 is 1.96 bits per heavy atom. The van der Waals surface area contributed by atoms with Gasteiger partial charge in [-0.3, -0.25) is 4.79 Å². The number of nitrogens with zero attached hydrogens (tertiary/aromatic N) is 1. The lowest BCUT2D eigenvalue weighted by molar-refractivity contribution is 0.0599. The molecule has 3 heterocycles. The summed E-state index contributed by atoms with van der Waals surface area (Å²) in [6, 6.07) is 13.1. The van der Waals surface area contributed by atoms with Crippen LogP contribution in [-0.4, -0.2) is 30.0 Å². The van der Waals surface area contributed by atoms with Crippen LogP contribution in [0.2, 0.25) is 0 Å². The van der Waals surface area contributed by atoms with E-state index in [1.54, 1.807) is 13.0 Å². The first-order valence-electron chi connectivity index (χ1n) is 8.65. The Labute approximate surface area is 154 Å². The van der Waals surface area contributed by atoms with Gasteiger partial charge in [0.25, 0.3) is 5.91 Å². The summed E-state index contributed by atoms with van der Waals surface area (Å²) in [7, 11) is 0. The zero-order chi connectivity index (χ0) is 18.1. The molecule has 3 aromatic rings. The molecule has 0 N–H and O–H groups in total. The lowest BCUT2D eigenvalue weighted by Gasteiger charge is -2.31. The Hall–Kier alpha value is -2.60. The van der Waals surface area contributed by atoms with Crippen molar-refractivity contribution in [1.82, 2.24) is 4.90 Å². The highest BCUT2D eigenvalue weighted by atomic mass is 32.1. The number of fused-ring (bicyclic) bond motifs is 1. The predicted octanol–water partition coefficient (Wildman–Crippen LogP) is 3.85. The van der Waals surface area contributed by atoms with E-state index in [0.717, 1.165) is 27.8 Å². The van der Waals surface area contributed by atoms with Gasteiger partial charge in [-0.15, -0.1) is 11.3 Å². The third kappa shape index (κ3) is 3.51. The Balaban J connectivity index is 1.39. The number of rotatable bonds is 3. The Bertz CT molecular complexity index is 965. The first-order chi connectivity index (χ1) is 12.6. The number of carbonyl (C=O) groups excluding carboxylic acids is 1. The average molecular weight is 369 g/mol. The van der Waals surface area contributed by atoms with Gasteiger partial charge in [-0.2, -0.15) is 0 Å². The fourth-order valence-corrected chi connectivity index (χ4v) is 4.29. The Morgan fingerprint density at radius 1 is 1.19 bits per heavy atom. The van der Waals surface area contributed by atoms with Gasteiger partial charge in [-0.1, -0.05) is 18.2 Å². The van der Waals surface area contributed by atoms with Gasteiger partial charge in [0.2, 0.25) is 0 Å². The Kier molecular flexibility index (Phi) is 4.51. The maximum atomic E-state index is 12.8. The van der Waals surface area contributed by atoms with Gasteiger partial charge in [0, 0.05) is 36.7 Å². The summed E-state index contributed by atoms with van der Waals surface area (Å²) >= 11 is 1.54. The van der Waals surface area contributed by atoms with E-state index in [1.165, 1.54) is 17.4 Å². The summed E-state index contributed by atoms with van der Waals surface area (Å²) in [5.41, 5.74) is -0.405. The highest BCUT2D eigenvalue weighted by Crippen LogP contribution is 2.27. The van der Waals surface area contributed by atoms with Crippen molar-refractivity contribution in [2.24, 2.45) is 0 Å². The van der Waals surface area contributed by atoms with Crippen LogP contribution in [0.25, 0.3) is 10.1 Å². The Morgan fingerprint density at radius 3 is 2.69 bits per heavy atom. The SMILES string of the molecule is Cc1cc(OC2CCN(C(=O)c3cc4ccccc4s3)CC2)cc(=O)o1. The molecule has 1 aliphatic rings. The summed E-state index contributed by atoms with van der Waals surface area (Å²) in [4.78, 5) is 26.9. The number of carbonyl (C=O) groups is 1.